The maximum Gasteiger partial charge on any atom is 0.223 e. The molecule has 7 nitrogen and oxygen atoms in total. The third-order valence-electron chi connectivity index (χ3n) is 2.52. The van der Waals surface area contributed by atoms with Crippen molar-refractivity contribution in [3.8, 4) is 0 Å². The third kappa shape index (κ3) is 3.68. The summed E-state index contributed by atoms with van der Waals surface area (Å²) in [6.07, 6.45) is 1.20. The summed E-state index contributed by atoms with van der Waals surface area (Å²) in [6.45, 7) is 2.68. The quantitative estimate of drug-likeness (QED) is 0.885. The number of amides is 2. The molecule has 0 saturated carbocycles. The summed E-state index contributed by atoms with van der Waals surface area (Å²) in [7, 11) is -3.71. The van der Waals surface area contributed by atoms with Gasteiger partial charge in [0.25, 0.3) is 0 Å². The maximum atomic E-state index is 12.4. The molecule has 0 aliphatic carbocycles. The van der Waals surface area contributed by atoms with Gasteiger partial charge in [0, 0.05) is 19.5 Å². The van der Waals surface area contributed by atoms with Crippen LogP contribution in [0.4, 0.5) is 10.8 Å². The molecule has 116 valence electrons. The number of hydrogen-bond acceptors (Lipinski definition) is 6. The van der Waals surface area contributed by atoms with Crippen molar-refractivity contribution in [1.29, 1.82) is 0 Å². The first-order valence-corrected chi connectivity index (χ1v) is 8.45. The van der Waals surface area contributed by atoms with E-state index in [4.69, 9.17) is 0 Å². The molecule has 0 fully saturated rings. The van der Waals surface area contributed by atoms with Crippen LogP contribution in [0.1, 0.15) is 13.8 Å². The van der Waals surface area contributed by atoms with Crippen molar-refractivity contribution in [1.82, 2.24) is 4.98 Å². The average Bonchev–Trinajstić information content (AvgIpc) is 2.87. The first kappa shape index (κ1) is 16.1. The minimum absolute atomic E-state index is 0.0310. The van der Waals surface area contributed by atoms with Gasteiger partial charge in [0.2, 0.25) is 21.7 Å². The Bertz CT molecular complexity index is 810. The largest absolute Gasteiger partial charge is 0.326 e. The fourth-order valence-corrected chi connectivity index (χ4v) is 4.11. The number of nitrogens with zero attached hydrogens (tertiary/aromatic N) is 1. The fraction of sp³-hybridized carbons (Fsp3) is 0.154. The molecule has 0 saturated heterocycles. The molecule has 2 amide bonds. The second-order valence-electron chi connectivity index (χ2n) is 4.37. The lowest BCUT2D eigenvalue weighted by molar-refractivity contribution is -0.115. The van der Waals surface area contributed by atoms with Gasteiger partial charge in [0.15, 0.2) is 5.13 Å². The van der Waals surface area contributed by atoms with Crippen LogP contribution in [0.25, 0.3) is 0 Å². The molecule has 0 radical (unpaired) electrons. The van der Waals surface area contributed by atoms with E-state index in [-0.39, 0.29) is 26.1 Å². The van der Waals surface area contributed by atoms with Gasteiger partial charge >= 0.3 is 0 Å². The Morgan fingerprint density at radius 2 is 1.64 bits per heavy atom. The SMILES string of the molecule is CC(=O)Nc1ccc(S(=O)(=O)c2cnc(NC(C)=O)s2)cc1. The van der Waals surface area contributed by atoms with Gasteiger partial charge in [-0.05, 0) is 24.3 Å². The molecule has 1 aromatic carbocycles. The number of thiazole rings is 1. The summed E-state index contributed by atoms with van der Waals surface area (Å²) in [5, 5.41) is 5.22. The number of rotatable bonds is 4. The highest BCUT2D eigenvalue weighted by atomic mass is 32.2. The van der Waals surface area contributed by atoms with E-state index >= 15 is 0 Å². The summed E-state index contributed by atoms with van der Waals surface area (Å²) < 4.78 is 24.9. The van der Waals surface area contributed by atoms with Gasteiger partial charge in [-0.2, -0.15) is 0 Å². The van der Waals surface area contributed by atoms with Crippen LogP contribution in [0, 0.1) is 0 Å². The number of benzene rings is 1. The molecule has 0 atom stereocenters. The smallest absolute Gasteiger partial charge is 0.223 e. The minimum atomic E-state index is -3.71. The molecule has 0 bridgehead atoms. The van der Waals surface area contributed by atoms with Gasteiger partial charge in [-0.1, -0.05) is 11.3 Å². The molecule has 22 heavy (non-hydrogen) atoms. The average molecular weight is 339 g/mol. The zero-order chi connectivity index (χ0) is 16.3. The first-order chi connectivity index (χ1) is 10.3. The van der Waals surface area contributed by atoms with Crippen LogP contribution in [-0.4, -0.2) is 25.2 Å². The molecule has 9 heteroatoms. The van der Waals surface area contributed by atoms with Crippen LogP contribution < -0.4 is 10.6 Å². The Kier molecular flexibility index (Phi) is 4.57. The maximum absolute atomic E-state index is 12.4. The van der Waals surface area contributed by atoms with Gasteiger partial charge in [-0.3, -0.25) is 9.59 Å². The molecule has 1 heterocycles. The number of carbonyl (C=O) groups excluding carboxylic acids is 2. The van der Waals surface area contributed by atoms with Crippen LogP contribution in [0.2, 0.25) is 0 Å². The Hall–Kier alpha value is -2.26. The van der Waals surface area contributed by atoms with E-state index in [0.717, 1.165) is 11.3 Å². The first-order valence-electron chi connectivity index (χ1n) is 6.15. The van der Waals surface area contributed by atoms with E-state index in [1.54, 1.807) is 0 Å². The van der Waals surface area contributed by atoms with Crippen LogP contribution in [0.15, 0.2) is 39.6 Å². The fourth-order valence-electron chi connectivity index (χ4n) is 1.63. The van der Waals surface area contributed by atoms with Crippen molar-refractivity contribution < 1.29 is 18.0 Å². The summed E-state index contributed by atoms with van der Waals surface area (Å²) >= 11 is 0.877. The molecule has 1 aromatic heterocycles. The molecule has 2 rings (SSSR count). The summed E-state index contributed by atoms with van der Waals surface area (Å²) in [6, 6.07) is 5.81. The standard InChI is InChI=1S/C13H13N3O4S2/c1-8(17)15-10-3-5-11(6-4-10)22(19,20)12-7-14-13(21-12)16-9(2)18/h3-7H,1-2H3,(H,15,17)(H,14,16,18). The lowest BCUT2D eigenvalue weighted by Crippen LogP contribution is -2.06. The van der Waals surface area contributed by atoms with E-state index in [9.17, 15) is 18.0 Å². The number of nitrogens with one attached hydrogen (secondary N) is 2. The molecule has 2 N–H and O–H groups in total. The van der Waals surface area contributed by atoms with Crippen LogP contribution >= 0.6 is 11.3 Å². The van der Waals surface area contributed by atoms with Gasteiger partial charge in [0.1, 0.15) is 4.21 Å². The molecule has 0 unspecified atom stereocenters. The number of sulfone groups is 1. The summed E-state index contributed by atoms with van der Waals surface area (Å²) in [5.41, 5.74) is 0.509. The van der Waals surface area contributed by atoms with Crippen molar-refractivity contribution in [3.63, 3.8) is 0 Å². The zero-order valence-corrected chi connectivity index (χ0v) is 13.4. The van der Waals surface area contributed by atoms with Crippen molar-refractivity contribution >= 4 is 43.8 Å². The Morgan fingerprint density at radius 3 is 2.18 bits per heavy atom. The second-order valence-corrected chi connectivity index (χ2v) is 7.58. The van der Waals surface area contributed by atoms with Crippen molar-refractivity contribution in [3.05, 3.63) is 30.5 Å². The lowest BCUT2D eigenvalue weighted by Gasteiger charge is -2.04. The van der Waals surface area contributed by atoms with Crippen molar-refractivity contribution in [2.45, 2.75) is 23.0 Å². The third-order valence-corrected chi connectivity index (χ3v) is 5.66. The number of carbonyl (C=O) groups is 2. The van der Waals surface area contributed by atoms with Crippen LogP contribution in [0.3, 0.4) is 0 Å². The normalized spacial score (nSPS) is 11.0. The highest BCUT2D eigenvalue weighted by molar-refractivity contribution is 7.93. The van der Waals surface area contributed by atoms with Gasteiger partial charge in [-0.25, -0.2) is 13.4 Å². The van der Waals surface area contributed by atoms with E-state index in [1.165, 1.54) is 44.3 Å². The van der Waals surface area contributed by atoms with E-state index in [0.29, 0.717) is 5.69 Å². The van der Waals surface area contributed by atoms with Gasteiger partial charge in [0.05, 0.1) is 11.1 Å². The van der Waals surface area contributed by atoms with E-state index in [1.807, 2.05) is 0 Å². The topological polar surface area (TPSA) is 105 Å². The van der Waals surface area contributed by atoms with E-state index < -0.39 is 9.84 Å². The summed E-state index contributed by atoms with van der Waals surface area (Å²) in [4.78, 5) is 25.8. The predicted molar refractivity (Wildman–Crippen MR) is 82.6 cm³/mol. The monoisotopic (exact) mass is 339 g/mol. The molecular formula is C13H13N3O4S2. The molecule has 0 spiro atoms. The molecule has 2 aromatic rings. The van der Waals surface area contributed by atoms with E-state index in [2.05, 4.69) is 15.6 Å². The van der Waals surface area contributed by atoms with Crippen LogP contribution in [0.5, 0.6) is 0 Å². The number of hydrogen-bond donors (Lipinski definition) is 2. The Labute approximate surface area is 131 Å². The minimum Gasteiger partial charge on any atom is -0.326 e. The predicted octanol–water partition coefficient (Wildman–Crippen LogP) is 1.89. The lowest BCUT2D eigenvalue weighted by atomic mass is 10.3. The highest BCUT2D eigenvalue weighted by Gasteiger charge is 2.21. The highest BCUT2D eigenvalue weighted by Crippen LogP contribution is 2.29. The van der Waals surface area contributed by atoms with Gasteiger partial charge < -0.3 is 10.6 Å². The Morgan fingerprint density at radius 1 is 1.05 bits per heavy atom. The Balaban J connectivity index is 2.28. The number of aromatic nitrogens is 1. The molecule has 0 aliphatic heterocycles. The molecule has 0 aliphatic rings. The van der Waals surface area contributed by atoms with Crippen molar-refractivity contribution in [2.75, 3.05) is 10.6 Å². The van der Waals surface area contributed by atoms with Crippen LogP contribution in [-0.2, 0) is 19.4 Å². The second kappa shape index (κ2) is 6.24. The van der Waals surface area contributed by atoms with Gasteiger partial charge in [-0.15, -0.1) is 0 Å². The van der Waals surface area contributed by atoms with Crippen molar-refractivity contribution in [2.24, 2.45) is 0 Å². The number of anilines is 2. The molecular weight excluding hydrogens is 326 g/mol. The summed E-state index contributed by atoms with van der Waals surface area (Å²) in [5.74, 6) is -0.559. The zero-order valence-electron chi connectivity index (χ0n) is 11.8.